The Balaban J connectivity index is 2.03. The number of nitrogens with one attached hydrogen (secondary N) is 1. The van der Waals surface area contributed by atoms with Gasteiger partial charge in [-0.15, -0.1) is 0 Å². The van der Waals surface area contributed by atoms with Crippen LogP contribution in [0.1, 0.15) is 18.4 Å². The van der Waals surface area contributed by atoms with Crippen LogP contribution in [-0.4, -0.2) is 12.5 Å². The summed E-state index contributed by atoms with van der Waals surface area (Å²) in [4.78, 5) is 11.5. The lowest BCUT2D eigenvalue weighted by Crippen LogP contribution is -2.44. The Morgan fingerprint density at radius 2 is 2.07 bits per heavy atom. The minimum Gasteiger partial charge on any atom is -0.355 e. The van der Waals surface area contributed by atoms with Crippen LogP contribution in [0.3, 0.4) is 0 Å². The summed E-state index contributed by atoms with van der Waals surface area (Å²) < 4.78 is 0. The molecule has 2 fully saturated rings. The predicted octanol–water partition coefficient (Wildman–Crippen LogP) is 1.46. The number of benzene rings is 1. The SMILES string of the molecule is O=C1NCC2(c3ccccc3)CCC12. The van der Waals surface area contributed by atoms with Gasteiger partial charge in [0.05, 0.1) is 0 Å². The first kappa shape index (κ1) is 8.04. The molecule has 2 nitrogen and oxygen atoms in total. The first-order valence-electron chi connectivity index (χ1n) is 5.16. The molecule has 1 saturated carbocycles. The zero-order valence-corrected chi connectivity index (χ0v) is 7.99. The third-order valence-electron chi connectivity index (χ3n) is 3.79. The van der Waals surface area contributed by atoms with Gasteiger partial charge in [-0.05, 0) is 18.4 Å². The molecule has 1 saturated heterocycles. The lowest BCUT2D eigenvalue weighted by molar-refractivity contribution is -0.125. The van der Waals surface area contributed by atoms with E-state index in [9.17, 15) is 4.79 Å². The summed E-state index contributed by atoms with van der Waals surface area (Å²) in [6.45, 7) is 0.834. The van der Waals surface area contributed by atoms with E-state index in [1.54, 1.807) is 0 Å². The minimum atomic E-state index is 0.137. The van der Waals surface area contributed by atoms with E-state index in [-0.39, 0.29) is 17.2 Å². The molecular weight excluding hydrogens is 174 g/mol. The summed E-state index contributed by atoms with van der Waals surface area (Å²) in [6.07, 6.45) is 2.21. The lowest BCUT2D eigenvalue weighted by atomic mass is 9.58. The molecule has 1 aliphatic heterocycles. The second-order valence-corrected chi connectivity index (χ2v) is 4.33. The Hall–Kier alpha value is -1.31. The quantitative estimate of drug-likeness (QED) is 0.708. The molecule has 2 heteroatoms. The van der Waals surface area contributed by atoms with Crippen LogP contribution in [0, 0.1) is 5.92 Å². The molecule has 0 bridgehead atoms. The third-order valence-corrected chi connectivity index (χ3v) is 3.79. The third kappa shape index (κ3) is 0.834. The Bertz CT molecular complexity index is 373. The second-order valence-electron chi connectivity index (χ2n) is 4.33. The molecule has 2 atom stereocenters. The van der Waals surface area contributed by atoms with Gasteiger partial charge in [-0.2, -0.15) is 0 Å². The molecule has 1 aliphatic carbocycles. The summed E-state index contributed by atoms with van der Waals surface area (Å²) >= 11 is 0. The highest BCUT2D eigenvalue weighted by atomic mass is 16.2. The highest BCUT2D eigenvalue weighted by Crippen LogP contribution is 2.51. The van der Waals surface area contributed by atoms with Gasteiger partial charge in [0.15, 0.2) is 0 Å². The largest absolute Gasteiger partial charge is 0.355 e. The van der Waals surface area contributed by atoms with Crippen molar-refractivity contribution in [1.29, 1.82) is 0 Å². The molecule has 0 aromatic heterocycles. The molecule has 1 aromatic carbocycles. The van der Waals surface area contributed by atoms with Crippen molar-refractivity contribution >= 4 is 5.91 Å². The van der Waals surface area contributed by atoms with Crippen LogP contribution in [0.25, 0.3) is 0 Å². The molecule has 1 amide bonds. The van der Waals surface area contributed by atoms with Crippen molar-refractivity contribution in [3.63, 3.8) is 0 Å². The number of rotatable bonds is 1. The molecule has 2 unspecified atom stereocenters. The highest BCUT2D eigenvalue weighted by molar-refractivity contribution is 5.85. The number of amides is 1. The Labute approximate surface area is 83.3 Å². The molecule has 1 N–H and O–H groups in total. The predicted molar refractivity (Wildman–Crippen MR) is 53.9 cm³/mol. The molecule has 1 heterocycles. The van der Waals surface area contributed by atoms with E-state index in [0.717, 1.165) is 19.4 Å². The average Bonchev–Trinajstić information content (AvgIpc) is 2.39. The van der Waals surface area contributed by atoms with Crippen LogP contribution in [0.5, 0.6) is 0 Å². The molecule has 2 aliphatic rings. The van der Waals surface area contributed by atoms with Gasteiger partial charge in [0, 0.05) is 17.9 Å². The highest BCUT2D eigenvalue weighted by Gasteiger charge is 2.55. The Morgan fingerprint density at radius 3 is 2.64 bits per heavy atom. The summed E-state index contributed by atoms with van der Waals surface area (Å²) in [5.74, 6) is 0.491. The fraction of sp³-hybridized carbons (Fsp3) is 0.417. The zero-order valence-electron chi connectivity index (χ0n) is 7.99. The van der Waals surface area contributed by atoms with Crippen LogP contribution in [0.15, 0.2) is 30.3 Å². The van der Waals surface area contributed by atoms with E-state index in [4.69, 9.17) is 0 Å². The van der Waals surface area contributed by atoms with Gasteiger partial charge < -0.3 is 5.32 Å². The van der Waals surface area contributed by atoms with E-state index in [1.165, 1.54) is 5.56 Å². The van der Waals surface area contributed by atoms with Gasteiger partial charge in [0.2, 0.25) is 5.91 Å². The van der Waals surface area contributed by atoms with Gasteiger partial charge in [-0.25, -0.2) is 0 Å². The maximum absolute atomic E-state index is 11.5. The Morgan fingerprint density at radius 1 is 1.29 bits per heavy atom. The first-order chi connectivity index (χ1) is 6.83. The van der Waals surface area contributed by atoms with Crippen LogP contribution in [0.2, 0.25) is 0 Å². The van der Waals surface area contributed by atoms with Gasteiger partial charge >= 0.3 is 0 Å². The second kappa shape index (κ2) is 2.59. The number of hydrogen-bond acceptors (Lipinski definition) is 1. The number of hydrogen-bond donors (Lipinski definition) is 1. The maximum atomic E-state index is 11.5. The molecular formula is C12H13NO. The smallest absolute Gasteiger partial charge is 0.224 e. The van der Waals surface area contributed by atoms with E-state index in [1.807, 2.05) is 6.07 Å². The molecule has 0 radical (unpaired) electrons. The van der Waals surface area contributed by atoms with Crippen molar-refractivity contribution < 1.29 is 4.79 Å². The van der Waals surface area contributed by atoms with Crippen LogP contribution < -0.4 is 5.32 Å². The van der Waals surface area contributed by atoms with Crippen LogP contribution in [0.4, 0.5) is 0 Å². The van der Waals surface area contributed by atoms with Gasteiger partial charge in [0.25, 0.3) is 0 Å². The molecule has 0 spiro atoms. The average molecular weight is 187 g/mol. The molecule has 14 heavy (non-hydrogen) atoms. The van der Waals surface area contributed by atoms with Crippen molar-refractivity contribution in [2.75, 3.05) is 6.54 Å². The first-order valence-corrected chi connectivity index (χ1v) is 5.16. The standard InChI is InChI=1S/C12H13NO/c14-11-10-6-7-12(10,8-13-11)9-4-2-1-3-5-9/h1-5,10H,6-8H2,(H,13,14). The van der Waals surface area contributed by atoms with Gasteiger partial charge in [-0.1, -0.05) is 30.3 Å². The lowest BCUT2D eigenvalue weighted by Gasteiger charge is -2.42. The molecule has 3 rings (SSSR count). The molecule has 1 aromatic rings. The van der Waals surface area contributed by atoms with Crippen molar-refractivity contribution in [2.45, 2.75) is 18.3 Å². The van der Waals surface area contributed by atoms with E-state index in [0.29, 0.717) is 0 Å². The monoisotopic (exact) mass is 187 g/mol. The van der Waals surface area contributed by atoms with E-state index < -0.39 is 0 Å². The van der Waals surface area contributed by atoms with Crippen LogP contribution in [-0.2, 0) is 10.2 Å². The van der Waals surface area contributed by atoms with Crippen molar-refractivity contribution in [3.05, 3.63) is 35.9 Å². The van der Waals surface area contributed by atoms with Gasteiger partial charge in [-0.3, -0.25) is 4.79 Å². The van der Waals surface area contributed by atoms with E-state index >= 15 is 0 Å². The fourth-order valence-corrected chi connectivity index (χ4v) is 2.82. The van der Waals surface area contributed by atoms with Gasteiger partial charge in [0.1, 0.15) is 0 Å². The topological polar surface area (TPSA) is 29.1 Å². The maximum Gasteiger partial charge on any atom is 0.224 e. The summed E-state index contributed by atoms with van der Waals surface area (Å²) in [5, 5.41) is 2.98. The van der Waals surface area contributed by atoms with E-state index in [2.05, 4.69) is 29.6 Å². The number of fused-ring (bicyclic) bond motifs is 1. The van der Waals surface area contributed by atoms with Crippen molar-refractivity contribution in [1.82, 2.24) is 5.32 Å². The van der Waals surface area contributed by atoms with Crippen molar-refractivity contribution in [2.24, 2.45) is 5.92 Å². The Kier molecular flexibility index (Phi) is 1.49. The number of carbonyl (C=O) groups excluding carboxylic acids is 1. The minimum absolute atomic E-state index is 0.137. The number of carbonyl (C=O) groups is 1. The summed E-state index contributed by atoms with van der Waals surface area (Å²) in [5.41, 5.74) is 1.47. The summed E-state index contributed by atoms with van der Waals surface area (Å²) in [7, 11) is 0. The molecule has 72 valence electrons. The summed E-state index contributed by atoms with van der Waals surface area (Å²) in [6, 6.07) is 10.4. The zero-order chi connectivity index (χ0) is 9.60. The fourth-order valence-electron chi connectivity index (χ4n) is 2.82. The van der Waals surface area contributed by atoms with Crippen LogP contribution >= 0.6 is 0 Å². The normalized spacial score (nSPS) is 34.6. The van der Waals surface area contributed by atoms with Crippen molar-refractivity contribution in [3.8, 4) is 0 Å².